The number of aliphatic hydroxyl groups excluding tert-OH is 1. The summed E-state index contributed by atoms with van der Waals surface area (Å²) < 4.78 is 45.0. The van der Waals surface area contributed by atoms with Gasteiger partial charge in [-0.25, -0.2) is 0 Å². The Morgan fingerprint density at radius 2 is 1.96 bits per heavy atom. The van der Waals surface area contributed by atoms with Crippen LogP contribution in [0, 0.1) is 0 Å². The van der Waals surface area contributed by atoms with Crippen LogP contribution in [0.1, 0.15) is 18.1 Å². The number of aliphatic hydroxyl groups is 1. The first-order chi connectivity index (χ1) is 11.9. The number of alkyl halides is 3. The van der Waals surface area contributed by atoms with Crippen molar-refractivity contribution >= 4 is 10.8 Å². The van der Waals surface area contributed by atoms with Gasteiger partial charge in [-0.05, 0) is 29.1 Å². The zero-order chi connectivity index (χ0) is 18.0. The molecule has 0 spiro atoms. The first-order valence-corrected chi connectivity index (χ1v) is 7.61. The van der Waals surface area contributed by atoms with E-state index in [0.29, 0.717) is 11.3 Å². The second-order valence-electron chi connectivity index (χ2n) is 5.66. The lowest BCUT2D eigenvalue weighted by Gasteiger charge is -2.25. The largest absolute Gasteiger partial charge is 0.465 e. The molecule has 0 aromatic heterocycles. The summed E-state index contributed by atoms with van der Waals surface area (Å²) in [5.41, 5.74) is 4.93. The number of fused-ring (bicyclic) bond motifs is 3. The van der Waals surface area contributed by atoms with Crippen LogP contribution in [0.2, 0.25) is 0 Å². The Morgan fingerprint density at radius 1 is 1.20 bits per heavy atom. The van der Waals surface area contributed by atoms with Crippen molar-refractivity contribution in [2.45, 2.75) is 18.7 Å². The van der Waals surface area contributed by atoms with Crippen LogP contribution >= 0.6 is 0 Å². The molecule has 1 aliphatic rings. The Labute approximate surface area is 142 Å². The highest BCUT2D eigenvalue weighted by Gasteiger charge is 2.36. The molecule has 2 aromatic rings. The zero-order valence-corrected chi connectivity index (χ0v) is 13.1. The molecule has 3 rings (SSSR count). The highest BCUT2D eigenvalue weighted by atomic mass is 19.4. The number of rotatable bonds is 3. The van der Waals surface area contributed by atoms with Crippen molar-refractivity contribution in [1.29, 1.82) is 0 Å². The van der Waals surface area contributed by atoms with Crippen molar-refractivity contribution in [2.75, 3.05) is 0 Å². The number of nitrogens with two attached hydrogens (primary N) is 1. The maximum atomic E-state index is 13.2. The van der Waals surface area contributed by atoms with Crippen LogP contribution < -0.4 is 10.5 Å². The van der Waals surface area contributed by atoms with Crippen LogP contribution in [-0.2, 0) is 0 Å². The van der Waals surface area contributed by atoms with Gasteiger partial charge in [0.1, 0.15) is 11.9 Å². The predicted octanol–water partition coefficient (Wildman–Crippen LogP) is 4.50. The zero-order valence-electron chi connectivity index (χ0n) is 13.1. The second-order valence-corrected chi connectivity index (χ2v) is 5.66. The van der Waals surface area contributed by atoms with E-state index in [-0.39, 0.29) is 5.57 Å². The smallest absolute Gasteiger partial charge is 0.413 e. The Balaban J connectivity index is 1.99. The number of benzene rings is 2. The fourth-order valence-corrected chi connectivity index (χ4v) is 2.83. The van der Waals surface area contributed by atoms with Gasteiger partial charge in [0.25, 0.3) is 0 Å². The summed E-state index contributed by atoms with van der Waals surface area (Å²) in [6, 6.07) is 10.9. The van der Waals surface area contributed by atoms with Crippen LogP contribution in [0.15, 0.2) is 72.2 Å². The molecule has 0 saturated heterocycles. The van der Waals surface area contributed by atoms with E-state index in [0.717, 1.165) is 29.1 Å². The van der Waals surface area contributed by atoms with Crippen molar-refractivity contribution in [3.8, 4) is 5.75 Å². The minimum Gasteiger partial charge on any atom is -0.465 e. The summed E-state index contributed by atoms with van der Waals surface area (Å²) in [5, 5.41) is 12.3. The molecular weight excluding hydrogens is 331 g/mol. The molecular formula is C19H16F3NO2. The lowest BCUT2D eigenvalue weighted by Crippen LogP contribution is -2.17. The fourth-order valence-electron chi connectivity index (χ4n) is 2.83. The summed E-state index contributed by atoms with van der Waals surface area (Å²) >= 11 is 0. The van der Waals surface area contributed by atoms with Gasteiger partial charge in [-0.2, -0.15) is 13.2 Å². The maximum Gasteiger partial charge on any atom is 0.413 e. The summed E-state index contributed by atoms with van der Waals surface area (Å²) in [4.78, 5) is 0. The molecule has 1 atom stereocenters. The Bertz CT molecular complexity index is 882. The predicted molar refractivity (Wildman–Crippen MR) is 89.7 cm³/mol. The Hall–Kier alpha value is -2.73. The third-order valence-corrected chi connectivity index (χ3v) is 4.06. The lowest BCUT2D eigenvalue weighted by atomic mass is 9.90. The van der Waals surface area contributed by atoms with Crippen molar-refractivity contribution in [1.82, 2.24) is 0 Å². The standard InChI is InChI=1S/C19H16F3NO2/c20-19(21,22)14(5-3-9-23)10-13-11-25-16-8-7-12-4-1-2-6-15(12)17(16)18(13)24/h1-9,11,18,24H,10,23H2/b9-3-,14-5+. The average Bonchev–Trinajstić information content (AvgIpc) is 2.59. The molecule has 0 radical (unpaired) electrons. The van der Waals surface area contributed by atoms with E-state index < -0.39 is 24.3 Å². The summed E-state index contributed by atoms with van der Waals surface area (Å²) in [6.45, 7) is 0. The molecule has 0 fully saturated rings. The maximum absolute atomic E-state index is 13.2. The first-order valence-electron chi connectivity index (χ1n) is 7.61. The third-order valence-electron chi connectivity index (χ3n) is 4.06. The minimum absolute atomic E-state index is 0.137. The molecule has 1 unspecified atom stereocenters. The molecule has 25 heavy (non-hydrogen) atoms. The van der Waals surface area contributed by atoms with Gasteiger partial charge in [0.15, 0.2) is 0 Å². The number of hydrogen-bond acceptors (Lipinski definition) is 3. The monoisotopic (exact) mass is 347 g/mol. The second kappa shape index (κ2) is 6.64. The van der Waals surface area contributed by atoms with Gasteiger partial charge < -0.3 is 15.6 Å². The average molecular weight is 347 g/mol. The molecule has 6 heteroatoms. The highest BCUT2D eigenvalue weighted by Crippen LogP contribution is 2.43. The third kappa shape index (κ3) is 3.39. The van der Waals surface area contributed by atoms with Crippen LogP contribution in [0.3, 0.4) is 0 Å². The number of ether oxygens (including phenoxy) is 1. The van der Waals surface area contributed by atoms with Gasteiger partial charge in [0, 0.05) is 23.1 Å². The molecule has 1 aliphatic heterocycles. The molecule has 3 nitrogen and oxygen atoms in total. The van der Waals surface area contributed by atoms with Gasteiger partial charge in [-0.15, -0.1) is 0 Å². The Morgan fingerprint density at radius 3 is 2.68 bits per heavy atom. The first kappa shape index (κ1) is 17.1. The molecule has 1 heterocycles. The molecule has 2 aromatic carbocycles. The van der Waals surface area contributed by atoms with Crippen LogP contribution in [0.4, 0.5) is 13.2 Å². The molecule has 130 valence electrons. The van der Waals surface area contributed by atoms with E-state index in [4.69, 9.17) is 10.5 Å². The summed E-state index contributed by atoms with van der Waals surface area (Å²) in [7, 11) is 0. The molecule has 0 bridgehead atoms. The molecule has 0 saturated carbocycles. The highest BCUT2D eigenvalue weighted by molar-refractivity contribution is 5.88. The summed E-state index contributed by atoms with van der Waals surface area (Å²) in [6.07, 6.45) is -1.97. The lowest BCUT2D eigenvalue weighted by molar-refractivity contribution is -0.0934. The van der Waals surface area contributed by atoms with Gasteiger partial charge in [-0.1, -0.05) is 36.4 Å². The van der Waals surface area contributed by atoms with Gasteiger partial charge in [0.05, 0.1) is 6.26 Å². The van der Waals surface area contributed by atoms with Crippen molar-refractivity contribution in [3.05, 3.63) is 77.7 Å². The fraction of sp³-hybridized carbons (Fsp3) is 0.158. The topological polar surface area (TPSA) is 55.5 Å². The number of allylic oxidation sites excluding steroid dienone is 3. The van der Waals surface area contributed by atoms with Crippen LogP contribution in [-0.4, -0.2) is 11.3 Å². The van der Waals surface area contributed by atoms with E-state index >= 15 is 0 Å². The minimum atomic E-state index is -4.53. The Kier molecular flexibility index (Phi) is 4.55. The normalized spacial score (nSPS) is 18.2. The van der Waals surface area contributed by atoms with Gasteiger partial charge in [0.2, 0.25) is 0 Å². The quantitative estimate of drug-likeness (QED) is 0.804. The molecule has 0 aliphatic carbocycles. The number of halogens is 3. The van der Waals surface area contributed by atoms with Crippen molar-refractivity contribution in [2.24, 2.45) is 5.73 Å². The SMILES string of the molecule is N/C=C\C=C(/CC1=COc2ccc3ccccc3c2C1O)C(F)(F)F. The van der Waals surface area contributed by atoms with E-state index in [9.17, 15) is 18.3 Å². The molecule has 0 amide bonds. The molecule has 3 N–H and O–H groups in total. The van der Waals surface area contributed by atoms with Crippen LogP contribution in [0.25, 0.3) is 10.8 Å². The number of hydrogen-bond donors (Lipinski definition) is 2. The van der Waals surface area contributed by atoms with E-state index in [2.05, 4.69) is 0 Å². The van der Waals surface area contributed by atoms with E-state index in [1.165, 1.54) is 6.26 Å². The van der Waals surface area contributed by atoms with Gasteiger partial charge >= 0.3 is 6.18 Å². The van der Waals surface area contributed by atoms with Crippen molar-refractivity contribution in [3.63, 3.8) is 0 Å². The van der Waals surface area contributed by atoms with Gasteiger partial charge in [-0.3, -0.25) is 0 Å². The van der Waals surface area contributed by atoms with Crippen molar-refractivity contribution < 1.29 is 23.0 Å². The van der Waals surface area contributed by atoms with Crippen LogP contribution in [0.5, 0.6) is 5.75 Å². The van der Waals surface area contributed by atoms with E-state index in [1.807, 2.05) is 18.2 Å². The van der Waals surface area contributed by atoms with E-state index in [1.54, 1.807) is 18.2 Å². The summed E-state index contributed by atoms with van der Waals surface area (Å²) in [5.74, 6) is 0.439.